The van der Waals surface area contributed by atoms with Crippen LogP contribution in [0.15, 0.2) is 0 Å². The highest BCUT2D eigenvalue weighted by Crippen LogP contribution is 2.04. The minimum absolute atomic E-state index is 0.236. The van der Waals surface area contributed by atoms with Crippen molar-refractivity contribution in [2.75, 3.05) is 11.5 Å². The minimum Gasteiger partial charge on any atom is -0.300 e. The Hall–Kier alpha value is -0.380. The van der Waals surface area contributed by atoms with E-state index in [4.69, 9.17) is 0 Å². The Labute approximate surface area is 93.2 Å². The molecule has 0 saturated heterocycles. The fourth-order valence-corrected chi connectivity index (χ4v) is 2.93. The molecule has 0 saturated carbocycles. The molecule has 0 radical (unpaired) electrons. The van der Waals surface area contributed by atoms with E-state index in [1.54, 1.807) is 0 Å². The molecule has 0 fully saturated rings. The Morgan fingerprint density at radius 2 is 1.60 bits per heavy atom. The summed E-state index contributed by atoms with van der Waals surface area (Å²) in [5.74, 6) is 0.765. The summed E-state index contributed by atoms with van der Waals surface area (Å²) in [4.78, 5) is 11.1. The van der Waals surface area contributed by atoms with Crippen LogP contribution in [-0.4, -0.2) is 25.7 Å². The van der Waals surface area contributed by atoms with Gasteiger partial charge in [-0.15, -0.1) is 0 Å². The number of sulfone groups is 1. The molecule has 0 heterocycles. The van der Waals surface area contributed by atoms with Crippen molar-refractivity contribution >= 4 is 15.6 Å². The third-order valence-electron chi connectivity index (χ3n) is 2.20. The summed E-state index contributed by atoms with van der Waals surface area (Å²) >= 11 is 0. The minimum atomic E-state index is -2.85. The molecule has 3 nitrogen and oxygen atoms in total. The van der Waals surface area contributed by atoms with E-state index >= 15 is 0 Å². The second-order valence-corrected chi connectivity index (χ2v) is 6.20. The monoisotopic (exact) mass is 234 g/mol. The molecule has 0 aliphatic heterocycles. The molecule has 4 heteroatoms. The number of carbonyl (C=O) groups excluding carboxylic acids is 1. The second kappa shape index (κ2) is 7.85. The zero-order valence-corrected chi connectivity index (χ0v) is 10.6. The van der Waals surface area contributed by atoms with Crippen molar-refractivity contribution in [1.29, 1.82) is 0 Å². The number of ketones is 1. The lowest BCUT2D eigenvalue weighted by atomic mass is 10.1. The standard InChI is InChI=1S/C11H22O3S/c1-3-7-11(12)8-5-6-10-15(13,14)9-4-2/h3-10H2,1-2H3. The highest BCUT2D eigenvalue weighted by atomic mass is 32.2. The van der Waals surface area contributed by atoms with E-state index in [2.05, 4.69) is 0 Å². The summed E-state index contributed by atoms with van der Waals surface area (Å²) in [5.41, 5.74) is 0. The van der Waals surface area contributed by atoms with Crippen molar-refractivity contribution in [3.63, 3.8) is 0 Å². The van der Waals surface area contributed by atoms with Crippen molar-refractivity contribution < 1.29 is 13.2 Å². The van der Waals surface area contributed by atoms with Gasteiger partial charge in [-0.2, -0.15) is 0 Å². The molecule has 0 bridgehead atoms. The molecule has 0 amide bonds. The van der Waals surface area contributed by atoms with Gasteiger partial charge in [-0.05, 0) is 25.7 Å². The summed E-state index contributed by atoms with van der Waals surface area (Å²) in [5, 5.41) is 0. The molecule has 0 spiro atoms. The summed E-state index contributed by atoms with van der Waals surface area (Å²) in [6.45, 7) is 3.84. The van der Waals surface area contributed by atoms with Crippen molar-refractivity contribution in [1.82, 2.24) is 0 Å². The van der Waals surface area contributed by atoms with Gasteiger partial charge in [0, 0.05) is 18.6 Å². The Morgan fingerprint density at radius 1 is 0.933 bits per heavy atom. The summed E-state index contributed by atoms with van der Waals surface area (Å²) in [7, 11) is -2.85. The molecule has 0 aliphatic rings. The molecule has 90 valence electrons. The maximum Gasteiger partial charge on any atom is 0.150 e. The maximum atomic E-state index is 11.3. The summed E-state index contributed by atoms with van der Waals surface area (Å²) < 4.78 is 22.6. The Morgan fingerprint density at radius 3 is 2.13 bits per heavy atom. The molecular formula is C11H22O3S. The lowest BCUT2D eigenvalue weighted by Gasteiger charge is -2.02. The quantitative estimate of drug-likeness (QED) is 0.575. The van der Waals surface area contributed by atoms with Gasteiger partial charge in [-0.3, -0.25) is 4.79 Å². The van der Waals surface area contributed by atoms with Gasteiger partial charge in [0.15, 0.2) is 0 Å². The number of unbranched alkanes of at least 4 members (excludes halogenated alkanes) is 1. The molecule has 0 aromatic carbocycles. The van der Waals surface area contributed by atoms with Gasteiger partial charge < -0.3 is 0 Å². The first-order valence-corrected chi connectivity index (χ1v) is 7.56. The van der Waals surface area contributed by atoms with Crippen LogP contribution in [0.3, 0.4) is 0 Å². The highest BCUT2D eigenvalue weighted by molar-refractivity contribution is 7.91. The van der Waals surface area contributed by atoms with Crippen molar-refractivity contribution in [3.8, 4) is 0 Å². The van der Waals surface area contributed by atoms with E-state index in [9.17, 15) is 13.2 Å². The first-order chi connectivity index (χ1) is 7.02. The van der Waals surface area contributed by atoms with Crippen LogP contribution >= 0.6 is 0 Å². The van der Waals surface area contributed by atoms with Crippen LogP contribution in [0.1, 0.15) is 52.4 Å². The van der Waals surface area contributed by atoms with Crippen molar-refractivity contribution in [2.24, 2.45) is 0 Å². The molecule has 0 rings (SSSR count). The van der Waals surface area contributed by atoms with Crippen molar-refractivity contribution in [2.45, 2.75) is 52.4 Å². The highest BCUT2D eigenvalue weighted by Gasteiger charge is 2.09. The van der Waals surface area contributed by atoms with Gasteiger partial charge in [0.1, 0.15) is 15.6 Å². The first kappa shape index (κ1) is 14.6. The van der Waals surface area contributed by atoms with Gasteiger partial charge in [-0.1, -0.05) is 13.8 Å². The zero-order valence-electron chi connectivity index (χ0n) is 9.79. The fraction of sp³-hybridized carbons (Fsp3) is 0.909. The average molecular weight is 234 g/mol. The van der Waals surface area contributed by atoms with Crippen LogP contribution in [0.4, 0.5) is 0 Å². The van der Waals surface area contributed by atoms with Gasteiger partial charge >= 0.3 is 0 Å². The van der Waals surface area contributed by atoms with E-state index in [1.165, 1.54) is 0 Å². The van der Waals surface area contributed by atoms with E-state index < -0.39 is 9.84 Å². The van der Waals surface area contributed by atoms with E-state index in [0.29, 0.717) is 32.1 Å². The lowest BCUT2D eigenvalue weighted by molar-refractivity contribution is -0.119. The zero-order chi connectivity index (χ0) is 11.7. The molecule has 0 aromatic rings. The Kier molecular flexibility index (Phi) is 7.65. The van der Waals surface area contributed by atoms with Crippen LogP contribution in [0, 0.1) is 0 Å². The SMILES string of the molecule is CCCC(=O)CCCCS(=O)(=O)CCC. The number of hydrogen-bond donors (Lipinski definition) is 0. The topological polar surface area (TPSA) is 51.2 Å². The normalized spacial score (nSPS) is 11.6. The summed E-state index contributed by atoms with van der Waals surface area (Å²) in [6.07, 6.45) is 4.06. The first-order valence-electron chi connectivity index (χ1n) is 5.74. The number of Topliss-reactive ketones (excluding diaryl/α,β-unsaturated/α-hetero) is 1. The van der Waals surface area contributed by atoms with E-state index in [0.717, 1.165) is 6.42 Å². The van der Waals surface area contributed by atoms with Crippen LogP contribution in [-0.2, 0) is 14.6 Å². The summed E-state index contributed by atoms with van der Waals surface area (Å²) in [6, 6.07) is 0. The van der Waals surface area contributed by atoms with Crippen LogP contribution in [0.2, 0.25) is 0 Å². The maximum absolute atomic E-state index is 11.3. The molecule has 0 N–H and O–H groups in total. The van der Waals surface area contributed by atoms with Gasteiger partial charge in [-0.25, -0.2) is 8.42 Å². The lowest BCUT2D eigenvalue weighted by Crippen LogP contribution is -2.10. The largest absolute Gasteiger partial charge is 0.300 e. The molecule has 0 aliphatic carbocycles. The van der Waals surface area contributed by atoms with Gasteiger partial charge in [0.25, 0.3) is 0 Å². The Bertz CT molecular complexity index is 268. The van der Waals surface area contributed by atoms with E-state index in [1.807, 2.05) is 13.8 Å². The van der Waals surface area contributed by atoms with E-state index in [-0.39, 0.29) is 17.3 Å². The predicted octanol–water partition coefficient (Wildman–Crippen LogP) is 2.35. The van der Waals surface area contributed by atoms with Crippen molar-refractivity contribution in [3.05, 3.63) is 0 Å². The number of carbonyl (C=O) groups is 1. The van der Waals surface area contributed by atoms with Crippen LogP contribution < -0.4 is 0 Å². The molecule has 0 aromatic heterocycles. The smallest absolute Gasteiger partial charge is 0.150 e. The van der Waals surface area contributed by atoms with Crippen LogP contribution in [0.25, 0.3) is 0 Å². The Balaban J connectivity index is 3.58. The number of rotatable bonds is 9. The number of hydrogen-bond acceptors (Lipinski definition) is 3. The molecule has 15 heavy (non-hydrogen) atoms. The van der Waals surface area contributed by atoms with Crippen LogP contribution in [0.5, 0.6) is 0 Å². The second-order valence-electron chi connectivity index (χ2n) is 3.90. The van der Waals surface area contributed by atoms with Gasteiger partial charge in [0.2, 0.25) is 0 Å². The fourth-order valence-electron chi connectivity index (χ4n) is 1.46. The van der Waals surface area contributed by atoms with Gasteiger partial charge in [0.05, 0.1) is 5.75 Å². The molecule has 0 atom stereocenters. The third kappa shape index (κ3) is 8.60. The molecular weight excluding hydrogens is 212 g/mol. The molecule has 0 unspecified atom stereocenters. The predicted molar refractivity (Wildman–Crippen MR) is 62.7 cm³/mol. The third-order valence-corrected chi connectivity index (χ3v) is 4.15. The average Bonchev–Trinajstić information content (AvgIpc) is 2.13.